The van der Waals surface area contributed by atoms with Gasteiger partial charge in [-0.1, -0.05) is 0 Å². The van der Waals surface area contributed by atoms with E-state index in [1.165, 1.54) is 0 Å². The van der Waals surface area contributed by atoms with Crippen molar-refractivity contribution < 1.29 is 67.6 Å². The Kier molecular flexibility index (Phi) is 19.9. The molecule has 0 saturated carbocycles. The third-order valence-corrected chi connectivity index (χ3v) is 5.83. The summed E-state index contributed by atoms with van der Waals surface area (Å²) >= 11 is -12.7. The summed E-state index contributed by atoms with van der Waals surface area (Å²) in [6, 6.07) is 0. The van der Waals surface area contributed by atoms with Crippen molar-refractivity contribution >= 4 is 0 Å². The second kappa shape index (κ2) is 8.88. The zero-order chi connectivity index (χ0) is 7.71. The van der Waals surface area contributed by atoms with Crippen LogP contribution in [0.3, 0.4) is 0 Å². The molecule has 0 aliphatic heterocycles. The first-order valence-corrected chi connectivity index (χ1v) is 7.89. The van der Waals surface area contributed by atoms with E-state index in [2.05, 4.69) is 2.04 Å². The monoisotopic (exact) mass is 380 g/mol. The Morgan fingerprint density at radius 3 is 0.923 bits per heavy atom. The van der Waals surface area contributed by atoms with Gasteiger partial charge in [-0.05, 0) is 0 Å². The average Bonchev–Trinajstić information content (AvgIpc) is 1.14. The zero-order valence-electron chi connectivity index (χ0n) is 6.67. The molecule has 0 bridgehead atoms. The van der Waals surface area contributed by atoms with Crippen LogP contribution in [0, 0.1) is 0 Å². The van der Waals surface area contributed by atoms with Crippen LogP contribution >= 0.6 is 0 Å². The normalized spacial score (nSPS) is 9.38. The van der Waals surface area contributed by atoms with Gasteiger partial charge in [0.2, 0.25) is 0 Å². The van der Waals surface area contributed by atoms with Gasteiger partial charge < -0.3 is 23.3 Å². The molecule has 0 aliphatic carbocycles. The summed E-state index contributed by atoms with van der Waals surface area (Å²) in [5.74, 6) is 0. The van der Waals surface area contributed by atoms with Crippen molar-refractivity contribution in [1.29, 1.82) is 0 Å². The third kappa shape index (κ3) is 32.9. The number of rotatable bonds is 2. The fourth-order valence-corrected chi connectivity index (χ4v) is 3.57. The second-order valence-electron chi connectivity index (χ2n) is 0.885. The van der Waals surface area contributed by atoms with Gasteiger partial charge in [-0.2, -0.15) is 0 Å². The molecule has 0 atom stereocenters. The molecule has 0 unspecified atom stereocenters. The van der Waals surface area contributed by atoms with Crippen LogP contribution in [0.1, 0.15) is 0 Å². The van der Waals surface area contributed by atoms with E-state index in [4.69, 9.17) is 0 Å². The van der Waals surface area contributed by atoms with Crippen LogP contribution in [0.2, 0.25) is 0 Å². The van der Waals surface area contributed by atoms with Crippen molar-refractivity contribution in [3.8, 4) is 0 Å². The summed E-state index contributed by atoms with van der Waals surface area (Å²) in [6.07, 6.45) is 0. The van der Waals surface area contributed by atoms with Gasteiger partial charge in [0.15, 0.2) is 0 Å². The quantitative estimate of drug-likeness (QED) is 0.453. The van der Waals surface area contributed by atoms with E-state index in [-0.39, 0.29) is 23.3 Å². The molecule has 0 spiro atoms. The molecule has 0 radical (unpaired) electrons. The molecule has 88 valence electrons. The van der Waals surface area contributed by atoms with Crippen LogP contribution in [0.4, 0.5) is 0 Å². The predicted molar refractivity (Wildman–Crippen MR) is 23.0 cm³/mol. The molecule has 0 heterocycles. The Morgan fingerprint density at radius 1 is 0.769 bits per heavy atom. The molecule has 0 fully saturated rings. The van der Waals surface area contributed by atoms with E-state index >= 15 is 0 Å². The molecule has 13 heavy (non-hydrogen) atoms. The third-order valence-electron chi connectivity index (χ3n) is 0.167. The van der Waals surface area contributed by atoms with Crippen molar-refractivity contribution in [3.05, 3.63) is 0 Å². The molecule has 0 aromatic carbocycles. The molecule has 11 nitrogen and oxygen atoms in total. The fraction of sp³-hybridized carbons (Fsp3) is 0. The van der Waals surface area contributed by atoms with Gasteiger partial charge in [-0.3, -0.25) is 0 Å². The van der Waals surface area contributed by atoms with Crippen LogP contribution in [-0.2, 0) is 49.1 Å². The van der Waals surface area contributed by atoms with E-state index < -0.39 is 33.5 Å². The van der Waals surface area contributed by atoms with Crippen LogP contribution in [0.5, 0.6) is 0 Å². The van der Waals surface area contributed by atoms with Crippen molar-refractivity contribution in [2.24, 2.45) is 0 Å². The SMILES string of the molecule is O.O.[NH4+].[NH4+].[O]=[Mo](=[O])([O-])[O][Mo](=[O])(=[O])[O-]. The summed E-state index contributed by atoms with van der Waals surface area (Å²) in [5.41, 5.74) is 0. The predicted octanol–water partition coefficient (Wildman–Crippen LogP) is -3.82. The van der Waals surface area contributed by atoms with Gasteiger partial charge in [0.25, 0.3) is 0 Å². The van der Waals surface area contributed by atoms with Crippen molar-refractivity contribution in [2.45, 2.75) is 0 Å². The summed E-state index contributed by atoms with van der Waals surface area (Å²) < 4.78 is 59.2. The van der Waals surface area contributed by atoms with Gasteiger partial charge in [0, 0.05) is 0 Å². The number of hydrogen-bond acceptors (Lipinski definition) is 7. The molecule has 0 saturated heterocycles. The summed E-state index contributed by atoms with van der Waals surface area (Å²) in [5, 5.41) is 0. The fourth-order valence-electron chi connectivity index (χ4n) is 0.102. The minimum absolute atomic E-state index is 0. The summed E-state index contributed by atoms with van der Waals surface area (Å²) in [7, 11) is 0. The molecule has 0 aromatic rings. The standard InChI is InChI=1S/2Mo.2H3N.2H2O.7O/h;;2*1H3;2*1H2;;;;;;;/q;;;;;;;;;;;2*-1/p+2. The van der Waals surface area contributed by atoms with Gasteiger partial charge >= 0.3 is 56.6 Å². The molecule has 0 aromatic heterocycles. The number of quaternary nitrogens is 2. The Labute approximate surface area is 79.9 Å². The van der Waals surface area contributed by atoms with Crippen LogP contribution < -0.4 is 19.8 Å². The molecule has 0 aliphatic rings. The minimum atomic E-state index is -6.37. The van der Waals surface area contributed by atoms with E-state index in [1.54, 1.807) is 0 Å². The molecule has 0 rings (SSSR count). The Morgan fingerprint density at radius 2 is 0.923 bits per heavy atom. The van der Waals surface area contributed by atoms with Crippen LogP contribution in [0.25, 0.3) is 0 Å². The molecule has 13 heteroatoms. The summed E-state index contributed by atoms with van der Waals surface area (Å²) in [4.78, 5) is 0. The average molecular weight is 376 g/mol. The maximum absolute atomic E-state index is 9.42. The van der Waals surface area contributed by atoms with E-state index in [1.807, 2.05) is 0 Å². The number of hydrogen-bond donors (Lipinski definition) is 2. The van der Waals surface area contributed by atoms with Crippen molar-refractivity contribution in [3.63, 3.8) is 0 Å². The Hall–Kier alpha value is 0.297. The first-order valence-electron chi connectivity index (χ1n) is 1.33. The topological polar surface area (TPSA) is 260 Å². The van der Waals surface area contributed by atoms with Crippen LogP contribution in [0.15, 0.2) is 0 Å². The Bertz CT molecular complexity index is 241. The van der Waals surface area contributed by atoms with Crippen molar-refractivity contribution in [1.82, 2.24) is 12.3 Å². The van der Waals surface area contributed by atoms with E-state index in [0.29, 0.717) is 0 Å². The van der Waals surface area contributed by atoms with Gasteiger partial charge in [-0.25, -0.2) is 0 Å². The van der Waals surface area contributed by atoms with Gasteiger partial charge in [-0.15, -0.1) is 0 Å². The van der Waals surface area contributed by atoms with Gasteiger partial charge in [0.05, 0.1) is 0 Å². The van der Waals surface area contributed by atoms with Crippen molar-refractivity contribution in [2.75, 3.05) is 0 Å². The van der Waals surface area contributed by atoms with Gasteiger partial charge in [0.1, 0.15) is 0 Å². The molecule has 12 N–H and O–H groups in total. The zero-order valence-corrected chi connectivity index (χ0v) is 10.7. The molecule has 0 amide bonds. The second-order valence-corrected chi connectivity index (χ2v) is 7.21. The molecular weight excluding hydrogens is 364 g/mol. The first kappa shape index (κ1) is 29.2. The summed E-state index contributed by atoms with van der Waals surface area (Å²) in [6.45, 7) is 0. The van der Waals surface area contributed by atoms with Crippen LogP contribution in [-0.4, -0.2) is 11.0 Å². The van der Waals surface area contributed by atoms with E-state index in [0.717, 1.165) is 0 Å². The van der Waals surface area contributed by atoms with E-state index in [9.17, 15) is 21.1 Å². The maximum atomic E-state index is 9.42. The Balaban J connectivity index is -0.0000000533. The molecular formula is H12Mo2N2O9. The first-order chi connectivity index (χ1) is 3.71.